The van der Waals surface area contributed by atoms with Crippen LogP contribution in [0.1, 0.15) is 26.6 Å². The minimum atomic E-state index is -0.147. The number of aliphatic hydroxyl groups is 1. The number of aromatic nitrogens is 1. The van der Waals surface area contributed by atoms with E-state index in [2.05, 4.69) is 16.8 Å². The second kappa shape index (κ2) is 7.02. The minimum Gasteiger partial charge on any atom is -0.384 e. The number of benzene rings is 1. The van der Waals surface area contributed by atoms with Gasteiger partial charge >= 0.3 is 0 Å². The number of carbonyl (C=O) groups excluding carboxylic acids is 1. The average Bonchev–Trinajstić information content (AvgIpc) is 2.92. The van der Waals surface area contributed by atoms with Crippen LogP contribution in [0, 0.1) is 18.8 Å². The van der Waals surface area contributed by atoms with E-state index in [0.717, 1.165) is 16.1 Å². The highest BCUT2D eigenvalue weighted by Crippen LogP contribution is 2.12. The van der Waals surface area contributed by atoms with Crippen LogP contribution in [0.2, 0.25) is 0 Å². The number of hydrogen-bond acceptors (Lipinski definition) is 4. The number of nitrogens with zero attached hydrogens (tertiary/aromatic N) is 2. The maximum Gasteiger partial charge on any atom is 0.273 e. The van der Waals surface area contributed by atoms with Crippen molar-refractivity contribution in [3.05, 3.63) is 51.5 Å². The Morgan fingerprint density at radius 2 is 2.10 bits per heavy atom. The van der Waals surface area contributed by atoms with Gasteiger partial charge in [-0.1, -0.05) is 24.0 Å². The van der Waals surface area contributed by atoms with E-state index in [-0.39, 0.29) is 12.5 Å². The molecule has 0 aliphatic heterocycles. The molecule has 0 aliphatic carbocycles. The Hall–Kier alpha value is -2.16. The Labute approximate surface area is 128 Å². The van der Waals surface area contributed by atoms with Gasteiger partial charge < -0.3 is 10.0 Å². The van der Waals surface area contributed by atoms with Gasteiger partial charge in [-0.2, -0.15) is 0 Å². The van der Waals surface area contributed by atoms with E-state index in [1.54, 1.807) is 17.3 Å². The van der Waals surface area contributed by atoms with Gasteiger partial charge in [-0.3, -0.25) is 4.79 Å². The van der Waals surface area contributed by atoms with Crippen LogP contribution in [0.3, 0.4) is 0 Å². The molecule has 0 aliphatic rings. The summed E-state index contributed by atoms with van der Waals surface area (Å²) in [6, 6.07) is 7.61. The molecule has 0 bridgehead atoms. The van der Waals surface area contributed by atoms with Gasteiger partial charge in [0, 0.05) is 24.5 Å². The average molecular weight is 300 g/mol. The number of carbonyl (C=O) groups is 1. The standard InChI is InChI=1S/C16H16N2O2S/c1-12-17-15(11-21-12)16(20)18(2)10-14-7-5-13(6-8-14)4-3-9-19/h5-8,11,19H,9-10H2,1-2H3. The van der Waals surface area contributed by atoms with Crippen LogP contribution in [0.4, 0.5) is 0 Å². The lowest BCUT2D eigenvalue weighted by Crippen LogP contribution is -2.26. The third-order valence-electron chi connectivity index (χ3n) is 2.87. The zero-order chi connectivity index (χ0) is 15.2. The van der Waals surface area contributed by atoms with E-state index in [0.29, 0.717) is 12.2 Å². The molecular formula is C16H16N2O2S. The molecule has 0 saturated heterocycles. The first-order valence-corrected chi connectivity index (χ1v) is 7.34. The van der Waals surface area contributed by atoms with Gasteiger partial charge in [0.15, 0.2) is 0 Å². The molecule has 2 rings (SSSR count). The number of aryl methyl sites for hydroxylation is 1. The molecule has 5 heteroatoms. The van der Waals surface area contributed by atoms with E-state index in [1.165, 1.54) is 11.3 Å². The zero-order valence-electron chi connectivity index (χ0n) is 12.0. The van der Waals surface area contributed by atoms with Crippen LogP contribution in [0.25, 0.3) is 0 Å². The van der Waals surface area contributed by atoms with Crippen molar-refractivity contribution in [2.24, 2.45) is 0 Å². The van der Waals surface area contributed by atoms with Crippen molar-refractivity contribution in [1.82, 2.24) is 9.88 Å². The van der Waals surface area contributed by atoms with Gasteiger partial charge in [-0.25, -0.2) is 4.98 Å². The van der Waals surface area contributed by atoms with Crippen molar-refractivity contribution in [2.75, 3.05) is 13.7 Å². The summed E-state index contributed by atoms with van der Waals surface area (Å²) in [6.07, 6.45) is 0. The van der Waals surface area contributed by atoms with E-state index >= 15 is 0 Å². The first kappa shape index (κ1) is 15.2. The highest BCUT2D eigenvalue weighted by molar-refractivity contribution is 7.09. The molecule has 1 aromatic carbocycles. The lowest BCUT2D eigenvalue weighted by atomic mass is 10.1. The monoisotopic (exact) mass is 300 g/mol. The fourth-order valence-corrected chi connectivity index (χ4v) is 2.42. The Balaban J connectivity index is 2.02. The summed E-state index contributed by atoms with van der Waals surface area (Å²) in [5.41, 5.74) is 2.36. The number of thiazole rings is 1. The maximum atomic E-state index is 12.2. The van der Waals surface area contributed by atoms with Gasteiger partial charge in [0.05, 0.1) is 5.01 Å². The summed E-state index contributed by atoms with van der Waals surface area (Å²) in [6.45, 7) is 2.25. The van der Waals surface area contributed by atoms with Crippen LogP contribution in [-0.4, -0.2) is 34.6 Å². The van der Waals surface area contributed by atoms with Gasteiger partial charge in [0.1, 0.15) is 12.3 Å². The molecule has 0 spiro atoms. The maximum absolute atomic E-state index is 12.2. The highest BCUT2D eigenvalue weighted by Gasteiger charge is 2.14. The smallest absolute Gasteiger partial charge is 0.273 e. The minimum absolute atomic E-state index is 0.0801. The lowest BCUT2D eigenvalue weighted by molar-refractivity contribution is 0.0780. The third kappa shape index (κ3) is 4.15. The van der Waals surface area contributed by atoms with Gasteiger partial charge in [0.25, 0.3) is 5.91 Å². The van der Waals surface area contributed by atoms with E-state index in [9.17, 15) is 4.79 Å². The number of hydrogen-bond donors (Lipinski definition) is 1. The number of amides is 1. The van der Waals surface area contributed by atoms with E-state index in [4.69, 9.17) is 5.11 Å². The molecule has 0 unspecified atom stereocenters. The highest BCUT2D eigenvalue weighted by atomic mass is 32.1. The lowest BCUT2D eigenvalue weighted by Gasteiger charge is -2.16. The summed E-state index contributed by atoms with van der Waals surface area (Å²) >= 11 is 1.47. The Kier molecular flexibility index (Phi) is 5.09. The molecule has 21 heavy (non-hydrogen) atoms. The SMILES string of the molecule is Cc1nc(C(=O)N(C)Cc2ccc(C#CCO)cc2)cs1. The fraction of sp³-hybridized carbons (Fsp3) is 0.250. The molecule has 0 saturated carbocycles. The molecule has 0 atom stereocenters. The molecular weight excluding hydrogens is 284 g/mol. The van der Waals surface area contributed by atoms with E-state index in [1.807, 2.05) is 31.2 Å². The molecule has 1 N–H and O–H groups in total. The summed E-state index contributed by atoms with van der Waals surface area (Å²) in [4.78, 5) is 18.0. The predicted octanol–water partition coefficient (Wildman–Crippen LogP) is 2.07. The van der Waals surface area contributed by atoms with Crippen LogP contribution >= 0.6 is 11.3 Å². The second-order valence-electron chi connectivity index (χ2n) is 4.57. The van der Waals surface area contributed by atoms with Crippen molar-refractivity contribution >= 4 is 17.2 Å². The van der Waals surface area contributed by atoms with Gasteiger partial charge in [-0.15, -0.1) is 11.3 Å². The quantitative estimate of drug-likeness (QED) is 0.883. The molecule has 0 radical (unpaired) electrons. The van der Waals surface area contributed by atoms with Crippen LogP contribution in [0.5, 0.6) is 0 Å². The first-order chi connectivity index (χ1) is 10.1. The Bertz CT molecular complexity index is 680. The van der Waals surface area contributed by atoms with Crippen molar-refractivity contribution in [3.8, 4) is 11.8 Å². The summed E-state index contributed by atoms with van der Waals surface area (Å²) in [7, 11) is 1.76. The van der Waals surface area contributed by atoms with Crippen molar-refractivity contribution < 1.29 is 9.90 Å². The second-order valence-corrected chi connectivity index (χ2v) is 5.63. The third-order valence-corrected chi connectivity index (χ3v) is 3.64. The van der Waals surface area contributed by atoms with Gasteiger partial charge in [-0.05, 0) is 24.6 Å². The molecule has 1 amide bonds. The van der Waals surface area contributed by atoms with E-state index < -0.39 is 0 Å². The van der Waals surface area contributed by atoms with Crippen LogP contribution in [0.15, 0.2) is 29.6 Å². The van der Waals surface area contributed by atoms with Crippen LogP contribution < -0.4 is 0 Å². The number of aliphatic hydroxyl groups excluding tert-OH is 1. The van der Waals surface area contributed by atoms with Crippen molar-refractivity contribution in [3.63, 3.8) is 0 Å². The fourth-order valence-electron chi connectivity index (χ4n) is 1.84. The normalized spacial score (nSPS) is 9.86. The summed E-state index contributed by atoms with van der Waals surface area (Å²) in [5.74, 6) is 5.36. The molecule has 1 heterocycles. The molecule has 0 fully saturated rings. The topological polar surface area (TPSA) is 53.4 Å². The summed E-state index contributed by atoms with van der Waals surface area (Å²) < 4.78 is 0. The van der Waals surface area contributed by atoms with Crippen molar-refractivity contribution in [1.29, 1.82) is 0 Å². The Morgan fingerprint density at radius 3 is 2.67 bits per heavy atom. The molecule has 4 nitrogen and oxygen atoms in total. The molecule has 1 aromatic heterocycles. The van der Waals surface area contributed by atoms with Crippen molar-refractivity contribution in [2.45, 2.75) is 13.5 Å². The summed E-state index contributed by atoms with van der Waals surface area (Å²) in [5, 5.41) is 11.3. The predicted molar refractivity (Wildman–Crippen MR) is 83.1 cm³/mol. The largest absolute Gasteiger partial charge is 0.384 e. The molecule has 108 valence electrons. The first-order valence-electron chi connectivity index (χ1n) is 6.46. The van der Waals surface area contributed by atoms with Crippen LogP contribution in [-0.2, 0) is 6.54 Å². The van der Waals surface area contributed by atoms with Gasteiger partial charge in [0.2, 0.25) is 0 Å². The zero-order valence-corrected chi connectivity index (χ0v) is 12.8. The number of rotatable bonds is 3. The Morgan fingerprint density at radius 1 is 1.38 bits per heavy atom. The molecule has 2 aromatic rings.